The highest BCUT2D eigenvalue weighted by Gasteiger charge is 2.12. The second-order valence-electron chi connectivity index (χ2n) is 4.69. The van der Waals surface area contributed by atoms with Gasteiger partial charge in [0.1, 0.15) is 0 Å². The van der Waals surface area contributed by atoms with Crippen LogP contribution in [0.5, 0.6) is 0 Å². The average molecular weight is 303 g/mol. The molecule has 0 radical (unpaired) electrons. The summed E-state index contributed by atoms with van der Waals surface area (Å²) in [5, 5.41) is 16.8. The lowest BCUT2D eigenvalue weighted by molar-refractivity contribution is -0.136. The number of aromatic nitrogens is 3. The van der Waals surface area contributed by atoms with Gasteiger partial charge in [0, 0.05) is 6.42 Å². The molecule has 0 spiro atoms. The van der Waals surface area contributed by atoms with E-state index in [1.54, 1.807) is 35.9 Å². The van der Waals surface area contributed by atoms with Gasteiger partial charge in [0.15, 0.2) is 0 Å². The van der Waals surface area contributed by atoms with E-state index in [0.29, 0.717) is 24.3 Å². The van der Waals surface area contributed by atoms with Crippen molar-refractivity contribution in [2.45, 2.75) is 26.7 Å². The monoisotopic (exact) mass is 303 g/mol. The van der Waals surface area contributed by atoms with Crippen molar-refractivity contribution < 1.29 is 19.4 Å². The van der Waals surface area contributed by atoms with Crippen molar-refractivity contribution in [2.24, 2.45) is 0 Å². The van der Waals surface area contributed by atoms with Gasteiger partial charge in [-0.2, -0.15) is 0 Å². The number of nitrogens with zero attached hydrogens (tertiary/aromatic N) is 3. The van der Waals surface area contributed by atoms with Crippen LogP contribution in [0.25, 0.3) is 5.69 Å². The number of aryl methyl sites for hydroxylation is 1. The lowest BCUT2D eigenvalue weighted by Crippen LogP contribution is -2.05. The van der Waals surface area contributed by atoms with E-state index in [0.717, 1.165) is 11.4 Å². The van der Waals surface area contributed by atoms with Gasteiger partial charge in [0.25, 0.3) is 0 Å². The zero-order chi connectivity index (χ0) is 16.1. The fourth-order valence-corrected chi connectivity index (χ4v) is 2.02. The van der Waals surface area contributed by atoms with Gasteiger partial charge in [0.2, 0.25) is 0 Å². The Morgan fingerprint density at radius 2 is 1.95 bits per heavy atom. The normalized spacial score (nSPS) is 10.5. The Hall–Kier alpha value is -2.70. The fraction of sp³-hybridized carbons (Fsp3) is 0.333. The maximum absolute atomic E-state index is 11.6. The van der Waals surface area contributed by atoms with E-state index in [2.05, 4.69) is 10.3 Å². The Morgan fingerprint density at radius 3 is 2.55 bits per heavy atom. The van der Waals surface area contributed by atoms with Crippen LogP contribution in [0.1, 0.15) is 35.1 Å². The highest BCUT2D eigenvalue weighted by Crippen LogP contribution is 2.15. The molecule has 2 aromatic rings. The quantitative estimate of drug-likeness (QED) is 0.817. The number of aliphatic carboxylic acids is 1. The molecule has 0 bridgehead atoms. The smallest absolute Gasteiger partial charge is 0.338 e. The molecule has 7 nitrogen and oxygen atoms in total. The highest BCUT2D eigenvalue weighted by atomic mass is 16.5. The predicted molar refractivity (Wildman–Crippen MR) is 78.0 cm³/mol. The molecule has 1 aromatic heterocycles. The molecule has 0 aliphatic carbocycles. The van der Waals surface area contributed by atoms with Crippen LogP contribution in [0.4, 0.5) is 0 Å². The van der Waals surface area contributed by atoms with Crippen LogP contribution in [0.15, 0.2) is 24.3 Å². The Balaban J connectivity index is 2.18. The molecule has 2 rings (SSSR count). The summed E-state index contributed by atoms with van der Waals surface area (Å²) in [5.74, 6) is -1.24. The second-order valence-corrected chi connectivity index (χ2v) is 4.69. The minimum Gasteiger partial charge on any atom is -0.481 e. The first-order valence-corrected chi connectivity index (χ1v) is 6.93. The van der Waals surface area contributed by atoms with E-state index in [1.165, 1.54) is 0 Å². The Bertz CT molecular complexity index is 677. The van der Waals surface area contributed by atoms with Crippen molar-refractivity contribution >= 4 is 11.9 Å². The molecule has 0 aliphatic rings. The molecular formula is C15H17N3O4. The second kappa shape index (κ2) is 6.84. The van der Waals surface area contributed by atoms with Gasteiger partial charge in [-0.25, -0.2) is 9.48 Å². The van der Waals surface area contributed by atoms with Crippen molar-refractivity contribution in [3.8, 4) is 5.69 Å². The molecule has 0 saturated carbocycles. The summed E-state index contributed by atoms with van der Waals surface area (Å²) >= 11 is 0. The molecule has 0 aliphatic heterocycles. The predicted octanol–water partition coefficient (Wildman–Crippen LogP) is 1.77. The van der Waals surface area contributed by atoms with Crippen molar-refractivity contribution in [2.75, 3.05) is 6.61 Å². The number of carbonyl (C=O) groups is 2. The molecule has 0 saturated heterocycles. The maximum Gasteiger partial charge on any atom is 0.338 e. The van der Waals surface area contributed by atoms with Crippen LogP contribution in [-0.4, -0.2) is 38.6 Å². The molecule has 116 valence electrons. The molecule has 22 heavy (non-hydrogen) atoms. The zero-order valence-electron chi connectivity index (χ0n) is 12.4. The fourth-order valence-electron chi connectivity index (χ4n) is 2.02. The number of carboxylic acid groups (broad SMARTS) is 1. The van der Waals surface area contributed by atoms with E-state index in [1.807, 2.05) is 6.92 Å². The molecule has 1 N–H and O–H groups in total. The molecular weight excluding hydrogens is 286 g/mol. The van der Waals surface area contributed by atoms with E-state index < -0.39 is 5.97 Å². The van der Waals surface area contributed by atoms with E-state index >= 15 is 0 Å². The lowest BCUT2D eigenvalue weighted by atomic mass is 10.2. The van der Waals surface area contributed by atoms with Gasteiger partial charge in [-0.05, 0) is 38.1 Å². The molecule has 0 unspecified atom stereocenters. The SMILES string of the molecule is CCOC(=O)c1ccc(-n2nnc(CCC(=O)O)c2C)cc1. The van der Waals surface area contributed by atoms with Crippen molar-refractivity contribution in [1.82, 2.24) is 15.0 Å². The van der Waals surface area contributed by atoms with Gasteiger partial charge < -0.3 is 9.84 Å². The third-order valence-electron chi connectivity index (χ3n) is 3.19. The molecule has 1 aromatic carbocycles. The first-order valence-electron chi connectivity index (χ1n) is 6.93. The summed E-state index contributed by atoms with van der Waals surface area (Å²) in [7, 11) is 0. The number of esters is 1. The van der Waals surface area contributed by atoms with Crippen molar-refractivity contribution in [1.29, 1.82) is 0 Å². The van der Waals surface area contributed by atoms with E-state index in [9.17, 15) is 9.59 Å². The van der Waals surface area contributed by atoms with E-state index in [4.69, 9.17) is 9.84 Å². The summed E-state index contributed by atoms with van der Waals surface area (Å²) in [6.07, 6.45) is 0.351. The zero-order valence-corrected chi connectivity index (χ0v) is 12.4. The van der Waals surface area contributed by atoms with Crippen LogP contribution in [-0.2, 0) is 16.0 Å². The van der Waals surface area contributed by atoms with Crippen molar-refractivity contribution in [3.05, 3.63) is 41.2 Å². The molecule has 0 atom stereocenters. The number of benzene rings is 1. The summed E-state index contributed by atoms with van der Waals surface area (Å²) in [6, 6.07) is 6.81. The van der Waals surface area contributed by atoms with Crippen LogP contribution in [0, 0.1) is 6.92 Å². The van der Waals surface area contributed by atoms with Crippen LogP contribution >= 0.6 is 0 Å². The number of carbonyl (C=O) groups excluding carboxylic acids is 1. The summed E-state index contributed by atoms with van der Waals surface area (Å²) in [5.41, 5.74) is 2.65. The van der Waals surface area contributed by atoms with Crippen LogP contribution in [0.3, 0.4) is 0 Å². The maximum atomic E-state index is 11.6. The first kappa shape index (κ1) is 15.7. The third kappa shape index (κ3) is 3.49. The molecule has 0 amide bonds. The number of ether oxygens (including phenoxy) is 1. The number of hydrogen-bond donors (Lipinski definition) is 1. The minimum atomic E-state index is -0.868. The summed E-state index contributed by atoms with van der Waals surface area (Å²) in [6.45, 7) is 3.91. The van der Waals surface area contributed by atoms with E-state index in [-0.39, 0.29) is 12.4 Å². The molecule has 0 fully saturated rings. The number of hydrogen-bond acceptors (Lipinski definition) is 5. The topological polar surface area (TPSA) is 94.3 Å². The minimum absolute atomic E-state index is 0.0152. The van der Waals surface area contributed by atoms with Gasteiger partial charge in [-0.3, -0.25) is 4.79 Å². The first-order chi connectivity index (χ1) is 10.5. The van der Waals surface area contributed by atoms with Gasteiger partial charge in [0.05, 0.1) is 35.7 Å². The molecule has 7 heteroatoms. The van der Waals surface area contributed by atoms with Gasteiger partial charge >= 0.3 is 11.9 Å². The summed E-state index contributed by atoms with van der Waals surface area (Å²) < 4.78 is 6.54. The van der Waals surface area contributed by atoms with Gasteiger partial charge in [-0.15, -0.1) is 5.10 Å². The molecule has 1 heterocycles. The lowest BCUT2D eigenvalue weighted by Gasteiger charge is -2.05. The average Bonchev–Trinajstić information content (AvgIpc) is 2.86. The van der Waals surface area contributed by atoms with Crippen molar-refractivity contribution in [3.63, 3.8) is 0 Å². The Kier molecular flexibility index (Phi) is 4.88. The van der Waals surface area contributed by atoms with Crippen LogP contribution < -0.4 is 0 Å². The standard InChI is InChI=1S/C15H17N3O4/c1-3-22-15(21)11-4-6-12(7-5-11)18-10(2)13(16-17-18)8-9-14(19)20/h4-7H,3,8-9H2,1-2H3,(H,19,20). The number of carboxylic acids is 1. The Morgan fingerprint density at radius 1 is 1.27 bits per heavy atom. The van der Waals surface area contributed by atoms with Gasteiger partial charge in [-0.1, -0.05) is 5.21 Å². The van der Waals surface area contributed by atoms with Crippen LogP contribution in [0.2, 0.25) is 0 Å². The largest absolute Gasteiger partial charge is 0.481 e. The number of rotatable bonds is 6. The summed E-state index contributed by atoms with van der Waals surface area (Å²) in [4.78, 5) is 22.2. The third-order valence-corrected chi connectivity index (χ3v) is 3.19. The highest BCUT2D eigenvalue weighted by molar-refractivity contribution is 5.89. The Labute approximate surface area is 127 Å².